The number of benzene rings is 2. The molecular formula is C22H24N6O2. The van der Waals surface area contributed by atoms with Gasteiger partial charge in [-0.3, -0.25) is 9.89 Å². The van der Waals surface area contributed by atoms with Crippen LogP contribution in [0.1, 0.15) is 22.4 Å². The van der Waals surface area contributed by atoms with E-state index in [1.54, 1.807) is 7.11 Å². The van der Waals surface area contributed by atoms with Crippen LogP contribution in [-0.4, -0.2) is 26.7 Å². The van der Waals surface area contributed by atoms with Crippen LogP contribution in [0.2, 0.25) is 0 Å². The van der Waals surface area contributed by atoms with E-state index in [-0.39, 0.29) is 5.56 Å². The maximum absolute atomic E-state index is 12.5. The van der Waals surface area contributed by atoms with Crippen molar-refractivity contribution in [2.45, 2.75) is 26.9 Å². The van der Waals surface area contributed by atoms with E-state index in [1.165, 1.54) is 21.7 Å². The SMILES string of the molecule is COc1ccccc1CNc1nc2nc(CNc3ccc(C)c(C)c3)cc(=O)n2[nH]1. The molecule has 154 valence electrons. The first-order valence-corrected chi connectivity index (χ1v) is 9.69. The van der Waals surface area contributed by atoms with E-state index in [0.717, 1.165) is 17.0 Å². The van der Waals surface area contributed by atoms with Crippen LogP contribution >= 0.6 is 0 Å². The summed E-state index contributed by atoms with van der Waals surface area (Å²) in [7, 11) is 1.64. The van der Waals surface area contributed by atoms with E-state index in [4.69, 9.17) is 4.74 Å². The van der Waals surface area contributed by atoms with Crippen molar-refractivity contribution in [2.75, 3.05) is 17.7 Å². The molecule has 4 rings (SSSR count). The van der Waals surface area contributed by atoms with Crippen LogP contribution in [-0.2, 0) is 13.1 Å². The minimum absolute atomic E-state index is 0.213. The summed E-state index contributed by atoms with van der Waals surface area (Å²) in [6.45, 7) is 5.08. The molecular weight excluding hydrogens is 380 g/mol. The van der Waals surface area contributed by atoms with Gasteiger partial charge in [0.2, 0.25) is 5.95 Å². The number of anilines is 2. The number of para-hydroxylation sites is 1. The van der Waals surface area contributed by atoms with Gasteiger partial charge in [0.1, 0.15) is 5.75 Å². The first kappa shape index (κ1) is 19.5. The van der Waals surface area contributed by atoms with Crippen molar-refractivity contribution in [1.82, 2.24) is 19.6 Å². The Bertz CT molecular complexity index is 1240. The summed E-state index contributed by atoms with van der Waals surface area (Å²) in [5, 5.41) is 9.43. The molecule has 3 N–H and O–H groups in total. The van der Waals surface area contributed by atoms with Crippen molar-refractivity contribution in [2.24, 2.45) is 0 Å². The molecule has 0 aliphatic carbocycles. The monoisotopic (exact) mass is 404 g/mol. The van der Waals surface area contributed by atoms with E-state index in [0.29, 0.717) is 30.5 Å². The third-order valence-electron chi connectivity index (χ3n) is 5.00. The Morgan fingerprint density at radius 2 is 1.83 bits per heavy atom. The summed E-state index contributed by atoms with van der Waals surface area (Å²) in [5.41, 5.74) is 4.83. The molecule has 8 heteroatoms. The summed E-state index contributed by atoms with van der Waals surface area (Å²) in [6.07, 6.45) is 0. The lowest BCUT2D eigenvalue weighted by Crippen LogP contribution is -2.17. The summed E-state index contributed by atoms with van der Waals surface area (Å²) < 4.78 is 6.68. The molecule has 2 heterocycles. The van der Waals surface area contributed by atoms with Crippen molar-refractivity contribution < 1.29 is 4.74 Å². The second-order valence-corrected chi connectivity index (χ2v) is 7.11. The number of aromatic nitrogens is 4. The Kier molecular flexibility index (Phi) is 5.38. The maximum Gasteiger partial charge on any atom is 0.274 e. The lowest BCUT2D eigenvalue weighted by atomic mass is 10.1. The molecule has 0 aliphatic heterocycles. The van der Waals surface area contributed by atoms with Crippen molar-refractivity contribution >= 4 is 17.4 Å². The Labute approximate surface area is 173 Å². The predicted octanol–water partition coefficient (Wildman–Crippen LogP) is 3.27. The average Bonchev–Trinajstić information content (AvgIpc) is 3.17. The quantitative estimate of drug-likeness (QED) is 0.438. The Morgan fingerprint density at radius 3 is 2.63 bits per heavy atom. The summed E-state index contributed by atoms with van der Waals surface area (Å²) >= 11 is 0. The first-order chi connectivity index (χ1) is 14.5. The van der Waals surface area contributed by atoms with Gasteiger partial charge in [0.05, 0.1) is 19.3 Å². The molecule has 0 fully saturated rings. The van der Waals surface area contributed by atoms with Crippen LogP contribution in [0, 0.1) is 13.8 Å². The number of nitrogens with zero attached hydrogens (tertiary/aromatic N) is 3. The molecule has 30 heavy (non-hydrogen) atoms. The molecule has 0 saturated heterocycles. The van der Waals surface area contributed by atoms with E-state index in [2.05, 4.69) is 51.7 Å². The van der Waals surface area contributed by atoms with Crippen molar-refractivity contribution in [1.29, 1.82) is 0 Å². The summed E-state index contributed by atoms with van der Waals surface area (Å²) in [5.74, 6) is 1.57. The normalized spacial score (nSPS) is 10.9. The lowest BCUT2D eigenvalue weighted by Gasteiger charge is -2.08. The summed E-state index contributed by atoms with van der Waals surface area (Å²) in [4.78, 5) is 21.4. The zero-order valence-electron chi connectivity index (χ0n) is 17.2. The van der Waals surface area contributed by atoms with Gasteiger partial charge in [0.15, 0.2) is 0 Å². The fraction of sp³-hybridized carbons (Fsp3) is 0.227. The smallest absolute Gasteiger partial charge is 0.274 e. The van der Waals surface area contributed by atoms with Gasteiger partial charge >= 0.3 is 0 Å². The zero-order chi connectivity index (χ0) is 21.1. The van der Waals surface area contributed by atoms with Crippen molar-refractivity contribution in [3.63, 3.8) is 0 Å². The van der Waals surface area contributed by atoms with E-state index in [9.17, 15) is 4.79 Å². The minimum atomic E-state index is -0.213. The average molecular weight is 404 g/mol. The molecule has 0 saturated carbocycles. The van der Waals surface area contributed by atoms with Gasteiger partial charge in [0, 0.05) is 23.9 Å². The molecule has 0 amide bonds. The first-order valence-electron chi connectivity index (χ1n) is 9.69. The van der Waals surface area contributed by atoms with E-state index in [1.807, 2.05) is 30.3 Å². The molecule has 8 nitrogen and oxygen atoms in total. The highest BCUT2D eigenvalue weighted by Crippen LogP contribution is 2.18. The number of ether oxygens (including phenoxy) is 1. The number of aryl methyl sites for hydroxylation is 2. The van der Waals surface area contributed by atoms with Crippen LogP contribution < -0.4 is 20.9 Å². The van der Waals surface area contributed by atoms with Gasteiger partial charge in [-0.1, -0.05) is 24.3 Å². The van der Waals surface area contributed by atoms with Gasteiger partial charge in [-0.05, 0) is 43.2 Å². The fourth-order valence-electron chi connectivity index (χ4n) is 3.17. The minimum Gasteiger partial charge on any atom is -0.496 e. The highest BCUT2D eigenvalue weighted by molar-refractivity contribution is 5.48. The van der Waals surface area contributed by atoms with Crippen LogP contribution in [0.4, 0.5) is 11.6 Å². The molecule has 0 unspecified atom stereocenters. The number of nitrogens with one attached hydrogen (secondary N) is 3. The lowest BCUT2D eigenvalue weighted by molar-refractivity contribution is 0.410. The highest BCUT2D eigenvalue weighted by Gasteiger charge is 2.09. The van der Waals surface area contributed by atoms with Crippen LogP contribution in [0.15, 0.2) is 53.3 Å². The van der Waals surface area contributed by atoms with Gasteiger partial charge in [-0.15, -0.1) is 0 Å². The topological polar surface area (TPSA) is 96.3 Å². The van der Waals surface area contributed by atoms with Gasteiger partial charge in [0.25, 0.3) is 11.3 Å². The van der Waals surface area contributed by atoms with Crippen molar-refractivity contribution in [3.05, 3.63) is 81.3 Å². The van der Waals surface area contributed by atoms with Gasteiger partial charge in [-0.25, -0.2) is 4.98 Å². The third kappa shape index (κ3) is 4.12. The molecule has 4 aromatic rings. The third-order valence-corrected chi connectivity index (χ3v) is 5.00. The predicted molar refractivity (Wildman–Crippen MR) is 117 cm³/mol. The second kappa shape index (κ2) is 8.28. The number of aromatic amines is 1. The molecule has 0 radical (unpaired) electrons. The standard InChI is InChI=1S/C22H24N6O2/c1-14-8-9-17(10-15(14)2)23-13-18-11-20(29)28-22(25-18)26-21(27-28)24-12-16-6-4-5-7-19(16)30-3/h4-11,23H,12-13H2,1-3H3,(H2,24,25,26,27). The molecule has 0 spiro atoms. The van der Waals surface area contributed by atoms with Crippen LogP contribution in [0.25, 0.3) is 5.78 Å². The van der Waals surface area contributed by atoms with Gasteiger partial charge in [-0.2, -0.15) is 9.50 Å². The van der Waals surface area contributed by atoms with E-state index >= 15 is 0 Å². The van der Waals surface area contributed by atoms with Crippen LogP contribution in [0.5, 0.6) is 5.75 Å². The number of methoxy groups -OCH3 is 1. The fourth-order valence-corrected chi connectivity index (χ4v) is 3.17. The Balaban J connectivity index is 1.49. The van der Waals surface area contributed by atoms with Crippen molar-refractivity contribution in [3.8, 4) is 5.75 Å². The highest BCUT2D eigenvalue weighted by atomic mass is 16.5. The second-order valence-electron chi connectivity index (χ2n) is 7.11. The van der Waals surface area contributed by atoms with Crippen LogP contribution in [0.3, 0.4) is 0 Å². The Hall–Kier alpha value is -3.81. The molecule has 0 aliphatic rings. The number of hydrogen-bond donors (Lipinski definition) is 3. The number of fused-ring (bicyclic) bond motifs is 1. The Morgan fingerprint density at radius 1 is 1.00 bits per heavy atom. The molecule has 2 aromatic heterocycles. The molecule has 0 atom stereocenters. The number of rotatable bonds is 7. The largest absolute Gasteiger partial charge is 0.496 e. The zero-order valence-corrected chi connectivity index (χ0v) is 17.2. The van der Waals surface area contributed by atoms with Gasteiger partial charge < -0.3 is 15.4 Å². The van der Waals surface area contributed by atoms with E-state index < -0.39 is 0 Å². The number of H-pyrrole nitrogens is 1. The number of hydrogen-bond acceptors (Lipinski definition) is 6. The molecule has 0 bridgehead atoms. The maximum atomic E-state index is 12.5. The molecule has 2 aromatic carbocycles. The summed E-state index contributed by atoms with van der Waals surface area (Å²) in [6, 6.07) is 15.4.